The predicted octanol–water partition coefficient (Wildman–Crippen LogP) is 4.08. The first-order valence-electron chi connectivity index (χ1n) is 6.38. The van der Waals surface area contributed by atoms with E-state index in [0.29, 0.717) is 5.69 Å². The topological polar surface area (TPSA) is 64.9 Å². The number of benzene rings is 2. The van der Waals surface area contributed by atoms with Crippen molar-refractivity contribution in [1.82, 2.24) is 0 Å². The van der Waals surface area contributed by atoms with Crippen LogP contribution in [0.3, 0.4) is 0 Å². The Balaban J connectivity index is 2.14. The van der Waals surface area contributed by atoms with E-state index in [-0.39, 0.29) is 5.91 Å². The highest BCUT2D eigenvalue weighted by Crippen LogP contribution is 2.23. The fraction of sp³-hybridized carbons (Fsp3) is 0.125. The fourth-order valence-corrected chi connectivity index (χ4v) is 2.30. The lowest BCUT2D eigenvalue weighted by atomic mass is 10.1. The summed E-state index contributed by atoms with van der Waals surface area (Å²) in [5.41, 5.74) is 2.42. The average Bonchev–Trinajstić information content (AvgIpc) is 2.45. The zero-order valence-electron chi connectivity index (χ0n) is 11.4. The Bertz CT molecular complexity index is 677. The number of carbonyl (C=O) groups is 1. The van der Waals surface area contributed by atoms with E-state index in [2.05, 4.69) is 32.6 Å². The van der Waals surface area contributed by atoms with E-state index >= 15 is 0 Å². The number of nitrogens with zero attached hydrogens (tertiary/aromatic N) is 1. The van der Waals surface area contributed by atoms with Crippen LogP contribution in [0.4, 0.5) is 11.4 Å². The quantitative estimate of drug-likeness (QED) is 0.878. The van der Waals surface area contributed by atoms with Gasteiger partial charge < -0.3 is 10.6 Å². The van der Waals surface area contributed by atoms with Gasteiger partial charge in [0.05, 0.1) is 6.07 Å². The summed E-state index contributed by atoms with van der Waals surface area (Å²) >= 11 is 3.40. The van der Waals surface area contributed by atoms with Crippen molar-refractivity contribution in [1.29, 1.82) is 5.26 Å². The number of halogens is 1. The second-order valence-electron chi connectivity index (χ2n) is 4.52. The molecule has 1 unspecified atom stereocenters. The summed E-state index contributed by atoms with van der Waals surface area (Å²) in [4.78, 5) is 11.0. The van der Waals surface area contributed by atoms with E-state index in [4.69, 9.17) is 0 Å². The molecule has 0 radical (unpaired) electrons. The van der Waals surface area contributed by atoms with Crippen LogP contribution >= 0.6 is 15.9 Å². The van der Waals surface area contributed by atoms with Crippen molar-refractivity contribution in [3.63, 3.8) is 0 Å². The maximum absolute atomic E-state index is 11.0. The first-order valence-corrected chi connectivity index (χ1v) is 7.17. The third-order valence-corrected chi connectivity index (χ3v) is 3.32. The van der Waals surface area contributed by atoms with Crippen LogP contribution in [-0.2, 0) is 4.79 Å². The van der Waals surface area contributed by atoms with E-state index in [9.17, 15) is 10.1 Å². The van der Waals surface area contributed by atoms with Crippen LogP contribution in [0, 0.1) is 11.3 Å². The molecule has 2 N–H and O–H groups in total. The van der Waals surface area contributed by atoms with Crippen LogP contribution < -0.4 is 10.6 Å². The summed E-state index contributed by atoms with van der Waals surface area (Å²) in [5.74, 6) is -0.119. The highest BCUT2D eigenvalue weighted by atomic mass is 79.9. The number of anilines is 2. The SMILES string of the molecule is CC(=O)Nc1ccc(C(C#N)Nc2cccc(Br)c2)cc1. The second-order valence-corrected chi connectivity index (χ2v) is 5.44. The summed E-state index contributed by atoms with van der Waals surface area (Å²) in [6.07, 6.45) is 0. The van der Waals surface area contributed by atoms with Gasteiger partial charge in [-0.25, -0.2) is 0 Å². The number of rotatable bonds is 4. The molecule has 0 saturated heterocycles. The summed E-state index contributed by atoms with van der Waals surface area (Å²) in [7, 11) is 0. The smallest absolute Gasteiger partial charge is 0.221 e. The van der Waals surface area contributed by atoms with Gasteiger partial charge in [-0.2, -0.15) is 5.26 Å². The molecule has 0 fully saturated rings. The van der Waals surface area contributed by atoms with E-state index < -0.39 is 6.04 Å². The molecular weight excluding hydrogens is 330 g/mol. The number of hydrogen-bond acceptors (Lipinski definition) is 3. The van der Waals surface area contributed by atoms with Crippen molar-refractivity contribution in [3.05, 3.63) is 58.6 Å². The van der Waals surface area contributed by atoms with Gasteiger partial charge in [0.2, 0.25) is 5.91 Å². The molecule has 1 atom stereocenters. The summed E-state index contributed by atoms with van der Waals surface area (Å²) in [6.45, 7) is 1.46. The van der Waals surface area contributed by atoms with E-state index in [1.165, 1.54) is 6.92 Å². The molecule has 2 rings (SSSR count). The number of amides is 1. The molecule has 2 aromatic rings. The highest BCUT2D eigenvalue weighted by Gasteiger charge is 2.10. The first kappa shape index (κ1) is 15.1. The monoisotopic (exact) mass is 343 g/mol. The van der Waals surface area contributed by atoms with Gasteiger partial charge in [-0.3, -0.25) is 4.79 Å². The fourth-order valence-electron chi connectivity index (χ4n) is 1.90. The lowest BCUT2D eigenvalue weighted by Gasteiger charge is -2.14. The Morgan fingerprint density at radius 2 is 1.90 bits per heavy atom. The Morgan fingerprint density at radius 1 is 1.19 bits per heavy atom. The van der Waals surface area contributed by atoms with Gasteiger partial charge >= 0.3 is 0 Å². The molecule has 0 aliphatic rings. The molecule has 0 aliphatic heterocycles. The van der Waals surface area contributed by atoms with Gasteiger partial charge in [0.15, 0.2) is 0 Å². The standard InChI is InChI=1S/C16H14BrN3O/c1-11(21)19-14-7-5-12(6-8-14)16(10-18)20-15-4-2-3-13(17)9-15/h2-9,16,20H,1H3,(H,19,21). The minimum Gasteiger partial charge on any atom is -0.366 e. The zero-order chi connectivity index (χ0) is 15.2. The van der Waals surface area contributed by atoms with Gasteiger partial charge in [0, 0.05) is 22.8 Å². The van der Waals surface area contributed by atoms with Crippen LogP contribution in [0.15, 0.2) is 53.0 Å². The van der Waals surface area contributed by atoms with Crippen molar-refractivity contribution in [3.8, 4) is 6.07 Å². The molecule has 5 heteroatoms. The third kappa shape index (κ3) is 4.33. The highest BCUT2D eigenvalue weighted by molar-refractivity contribution is 9.10. The zero-order valence-corrected chi connectivity index (χ0v) is 13.0. The van der Waals surface area contributed by atoms with Crippen molar-refractivity contribution in [2.45, 2.75) is 13.0 Å². The number of nitrogens with one attached hydrogen (secondary N) is 2. The molecule has 4 nitrogen and oxygen atoms in total. The molecule has 0 aliphatic carbocycles. The van der Waals surface area contributed by atoms with Gasteiger partial charge in [-0.1, -0.05) is 34.1 Å². The molecule has 0 bridgehead atoms. The molecule has 0 heterocycles. The van der Waals surface area contributed by atoms with E-state index in [1.54, 1.807) is 12.1 Å². The average molecular weight is 344 g/mol. The van der Waals surface area contributed by atoms with Crippen LogP contribution in [0.1, 0.15) is 18.5 Å². The van der Waals surface area contributed by atoms with Gasteiger partial charge in [0.1, 0.15) is 6.04 Å². The normalized spacial score (nSPS) is 11.3. The van der Waals surface area contributed by atoms with Crippen LogP contribution in [-0.4, -0.2) is 5.91 Å². The van der Waals surface area contributed by atoms with Crippen LogP contribution in [0.5, 0.6) is 0 Å². The summed E-state index contributed by atoms with van der Waals surface area (Å²) in [6, 6.07) is 16.6. The van der Waals surface area contributed by atoms with Crippen LogP contribution in [0.25, 0.3) is 0 Å². The van der Waals surface area contributed by atoms with Gasteiger partial charge in [-0.15, -0.1) is 0 Å². The Labute approximate surface area is 131 Å². The van der Waals surface area contributed by atoms with E-state index in [1.807, 2.05) is 36.4 Å². The number of nitriles is 1. The van der Waals surface area contributed by atoms with Crippen molar-refractivity contribution < 1.29 is 4.79 Å². The molecular formula is C16H14BrN3O. The second kappa shape index (κ2) is 6.91. The molecule has 1 amide bonds. The molecule has 21 heavy (non-hydrogen) atoms. The minimum absolute atomic E-state index is 0.119. The maximum atomic E-state index is 11.0. The lowest BCUT2D eigenvalue weighted by Crippen LogP contribution is -2.09. The number of hydrogen-bond donors (Lipinski definition) is 2. The Kier molecular flexibility index (Phi) is 4.96. The van der Waals surface area contributed by atoms with Crippen molar-refractivity contribution >= 4 is 33.2 Å². The third-order valence-electron chi connectivity index (χ3n) is 2.83. The molecule has 0 aromatic heterocycles. The Morgan fingerprint density at radius 3 is 2.48 bits per heavy atom. The van der Waals surface area contributed by atoms with Crippen molar-refractivity contribution in [2.75, 3.05) is 10.6 Å². The predicted molar refractivity (Wildman–Crippen MR) is 86.9 cm³/mol. The van der Waals surface area contributed by atoms with Gasteiger partial charge in [-0.05, 0) is 35.9 Å². The lowest BCUT2D eigenvalue weighted by molar-refractivity contribution is -0.114. The minimum atomic E-state index is -0.453. The van der Waals surface area contributed by atoms with Crippen molar-refractivity contribution in [2.24, 2.45) is 0 Å². The molecule has 0 saturated carbocycles. The Hall–Kier alpha value is -2.32. The first-order chi connectivity index (χ1) is 10.1. The molecule has 2 aromatic carbocycles. The number of carbonyl (C=O) groups excluding carboxylic acids is 1. The summed E-state index contributed by atoms with van der Waals surface area (Å²) < 4.78 is 0.949. The van der Waals surface area contributed by atoms with E-state index in [0.717, 1.165) is 15.7 Å². The maximum Gasteiger partial charge on any atom is 0.221 e. The molecule has 0 spiro atoms. The summed E-state index contributed by atoms with van der Waals surface area (Å²) in [5, 5.41) is 15.2. The molecule has 106 valence electrons. The van der Waals surface area contributed by atoms with Crippen LogP contribution in [0.2, 0.25) is 0 Å². The van der Waals surface area contributed by atoms with Gasteiger partial charge in [0.25, 0.3) is 0 Å². The largest absolute Gasteiger partial charge is 0.366 e.